The molecule has 0 N–H and O–H groups in total. The van der Waals surface area contributed by atoms with Crippen LogP contribution in [0.3, 0.4) is 0 Å². The molecule has 0 amide bonds. The van der Waals surface area contributed by atoms with Crippen molar-refractivity contribution in [1.82, 2.24) is 4.57 Å². The molecule has 0 saturated heterocycles. The summed E-state index contributed by atoms with van der Waals surface area (Å²) >= 11 is 0. The van der Waals surface area contributed by atoms with Crippen LogP contribution in [0.25, 0.3) is 0 Å². The molecule has 0 aliphatic heterocycles. The second kappa shape index (κ2) is 8.02. The molecule has 3 aliphatic carbocycles. The third-order valence-electron chi connectivity index (χ3n) is 9.34. The topological polar surface area (TPSA) is 3.24 Å². The first-order valence-electron chi connectivity index (χ1n) is 12.7. The van der Waals surface area contributed by atoms with Gasteiger partial charge in [-0.3, -0.25) is 0 Å². The fourth-order valence-corrected chi connectivity index (χ4v) is 15.9. The van der Waals surface area contributed by atoms with Crippen LogP contribution in [0.1, 0.15) is 93.9 Å². The maximum Gasteiger partial charge on any atom is 0.126 e. The van der Waals surface area contributed by atoms with E-state index < -0.39 is 8.24 Å². The van der Waals surface area contributed by atoms with Crippen molar-refractivity contribution in [3.05, 3.63) is 0 Å². The molecule has 3 aliphatic rings. The standard InChI is InChI=1S/C26H51NSi/c1-17(2)24-19(5)25(28(9,10)27(18(3)4)26(6,7)8)23-16-21-14-12-11-13-20(21)15-22(23)24/h17-25H,11-16H2,1-10H3. The molecule has 0 spiro atoms. The largest absolute Gasteiger partial charge is 0.317 e. The van der Waals surface area contributed by atoms with Gasteiger partial charge in [-0.05, 0) is 86.6 Å². The van der Waals surface area contributed by atoms with E-state index in [4.69, 9.17) is 0 Å². The Hall–Kier alpha value is 0.177. The predicted octanol–water partition coefficient (Wildman–Crippen LogP) is 7.83. The van der Waals surface area contributed by atoms with E-state index in [2.05, 4.69) is 73.0 Å². The lowest BCUT2D eigenvalue weighted by Gasteiger charge is -2.55. The van der Waals surface area contributed by atoms with Crippen LogP contribution in [-0.2, 0) is 0 Å². The summed E-state index contributed by atoms with van der Waals surface area (Å²) in [4.78, 5) is 0. The molecule has 0 aromatic heterocycles. The van der Waals surface area contributed by atoms with Gasteiger partial charge < -0.3 is 4.57 Å². The third-order valence-corrected chi connectivity index (χ3v) is 14.4. The molecule has 3 fully saturated rings. The van der Waals surface area contributed by atoms with Gasteiger partial charge >= 0.3 is 0 Å². The quantitative estimate of drug-likeness (QED) is 0.431. The zero-order valence-electron chi connectivity index (χ0n) is 20.9. The van der Waals surface area contributed by atoms with E-state index in [1.54, 1.807) is 19.3 Å². The maximum atomic E-state index is 3.01. The van der Waals surface area contributed by atoms with E-state index in [1.165, 1.54) is 19.3 Å². The molecule has 164 valence electrons. The van der Waals surface area contributed by atoms with E-state index in [0.717, 1.165) is 47.0 Å². The summed E-state index contributed by atoms with van der Waals surface area (Å²) in [6.45, 7) is 25.5. The molecular formula is C26H51NSi. The van der Waals surface area contributed by atoms with Crippen LogP contribution >= 0.6 is 0 Å². The molecule has 3 rings (SSSR count). The number of nitrogens with zero attached hydrogens (tertiary/aromatic N) is 1. The molecule has 0 aromatic rings. The molecular weight excluding hydrogens is 354 g/mol. The van der Waals surface area contributed by atoms with Crippen LogP contribution < -0.4 is 0 Å². The Morgan fingerprint density at radius 3 is 1.79 bits per heavy atom. The average Bonchev–Trinajstić information content (AvgIpc) is 2.81. The van der Waals surface area contributed by atoms with Gasteiger partial charge in [-0.1, -0.05) is 73.4 Å². The van der Waals surface area contributed by atoms with Gasteiger partial charge in [0, 0.05) is 5.54 Å². The highest BCUT2D eigenvalue weighted by Gasteiger charge is 2.59. The zero-order chi connectivity index (χ0) is 21.0. The van der Waals surface area contributed by atoms with Crippen LogP contribution in [0, 0.1) is 41.4 Å². The van der Waals surface area contributed by atoms with Crippen molar-refractivity contribution in [1.29, 1.82) is 0 Å². The summed E-state index contributed by atoms with van der Waals surface area (Å²) < 4.78 is 3.01. The van der Waals surface area contributed by atoms with Crippen molar-refractivity contribution in [2.45, 2.75) is 124 Å². The molecule has 0 heterocycles. The van der Waals surface area contributed by atoms with Gasteiger partial charge in [0.25, 0.3) is 0 Å². The molecule has 3 saturated carbocycles. The minimum Gasteiger partial charge on any atom is -0.317 e. The third kappa shape index (κ3) is 3.91. The van der Waals surface area contributed by atoms with Crippen LogP contribution in [0.4, 0.5) is 0 Å². The van der Waals surface area contributed by atoms with Crippen molar-refractivity contribution in [2.75, 3.05) is 0 Å². The second-order valence-electron chi connectivity index (χ2n) is 13.1. The zero-order valence-corrected chi connectivity index (χ0v) is 21.9. The minimum atomic E-state index is -1.58. The number of hydrogen-bond donors (Lipinski definition) is 0. The van der Waals surface area contributed by atoms with Gasteiger partial charge in [0.15, 0.2) is 0 Å². The lowest BCUT2D eigenvalue weighted by atomic mass is 9.62. The fourth-order valence-electron chi connectivity index (χ4n) is 9.56. The SMILES string of the molecule is CC(C)C1C(C)C([Si](C)(C)N(C(C)C)C(C)(C)C)C2CC3CCCCC3CC21. The maximum absolute atomic E-state index is 3.01. The molecule has 0 bridgehead atoms. The fraction of sp³-hybridized carbons (Fsp3) is 1.00. The molecule has 0 aromatic carbocycles. The summed E-state index contributed by atoms with van der Waals surface area (Å²) in [6.07, 6.45) is 9.23. The Morgan fingerprint density at radius 1 is 0.857 bits per heavy atom. The van der Waals surface area contributed by atoms with E-state index in [9.17, 15) is 0 Å². The molecule has 7 unspecified atom stereocenters. The first kappa shape index (κ1) is 22.9. The Labute approximate surface area is 178 Å². The van der Waals surface area contributed by atoms with Gasteiger partial charge in [0.2, 0.25) is 0 Å². The Bertz CT molecular complexity index is 531. The molecule has 2 heteroatoms. The highest BCUT2D eigenvalue weighted by Crippen LogP contribution is 2.64. The smallest absolute Gasteiger partial charge is 0.126 e. The van der Waals surface area contributed by atoms with E-state index in [-0.39, 0.29) is 5.54 Å². The van der Waals surface area contributed by atoms with Crippen LogP contribution in [0.15, 0.2) is 0 Å². The lowest BCUT2D eigenvalue weighted by Crippen LogP contribution is -2.64. The Kier molecular flexibility index (Phi) is 6.55. The first-order valence-corrected chi connectivity index (χ1v) is 15.7. The van der Waals surface area contributed by atoms with Gasteiger partial charge in [0.1, 0.15) is 8.24 Å². The van der Waals surface area contributed by atoms with Gasteiger partial charge in [-0.2, -0.15) is 0 Å². The summed E-state index contributed by atoms with van der Waals surface area (Å²) in [5, 5.41) is 0. The van der Waals surface area contributed by atoms with E-state index in [0.29, 0.717) is 6.04 Å². The second-order valence-corrected chi connectivity index (χ2v) is 17.6. The van der Waals surface area contributed by atoms with Gasteiger partial charge in [-0.15, -0.1) is 0 Å². The van der Waals surface area contributed by atoms with Gasteiger partial charge in [0.05, 0.1) is 0 Å². The van der Waals surface area contributed by atoms with Crippen molar-refractivity contribution >= 4 is 8.24 Å². The van der Waals surface area contributed by atoms with Crippen molar-refractivity contribution in [3.63, 3.8) is 0 Å². The monoisotopic (exact) mass is 405 g/mol. The van der Waals surface area contributed by atoms with E-state index >= 15 is 0 Å². The first-order chi connectivity index (χ1) is 12.9. The average molecular weight is 406 g/mol. The van der Waals surface area contributed by atoms with Crippen molar-refractivity contribution < 1.29 is 0 Å². The highest BCUT2D eigenvalue weighted by molar-refractivity contribution is 6.76. The summed E-state index contributed by atoms with van der Waals surface area (Å²) in [5.41, 5.74) is 1.24. The number of fused-ring (bicyclic) bond motifs is 2. The molecule has 7 atom stereocenters. The molecule has 1 nitrogen and oxygen atoms in total. The summed E-state index contributed by atoms with van der Waals surface area (Å²) in [7, 11) is -1.58. The Balaban J connectivity index is 1.99. The minimum absolute atomic E-state index is 0.275. The summed E-state index contributed by atoms with van der Waals surface area (Å²) in [5.74, 6) is 6.85. The van der Waals surface area contributed by atoms with Crippen molar-refractivity contribution in [2.24, 2.45) is 41.4 Å². The van der Waals surface area contributed by atoms with Crippen LogP contribution in [0.2, 0.25) is 18.6 Å². The Morgan fingerprint density at radius 2 is 1.36 bits per heavy atom. The van der Waals surface area contributed by atoms with Gasteiger partial charge in [-0.25, -0.2) is 0 Å². The summed E-state index contributed by atoms with van der Waals surface area (Å²) in [6, 6.07) is 0.649. The van der Waals surface area contributed by atoms with Crippen LogP contribution in [0.5, 0.6) is 0 Å². The number of hydrogen-bond acceptors (Lipinski definition) is 1. The van der Waals surface area contributed by atoms with Crippen molar-refractivity contribution in [3.8, 4) is 0 Å². The highest BCUT2D eigenvalue weighted by atomic mass is 28.3. The number of rotatable bonds is 4. The normalized spacial score (nSPS) is 39.5. The van der Waals surface area contributed by atoms with Crippen LogP contribution in [-0.4, -0.2) is 24.4 Å². The predicted molar refractivity (Wildman–Crippen MR) is 127 cm³/mol. The molecule has 28 heavy (non-hydrogen) atoms. The molecule has 0 radical (unpaired) electrons. The van der Waals surface area contributed by atoms with E-state index in [1.807, 2.05) is 0 Å². The lowest BCUT2D eigenvalue weighted by molar-refractivity contribution is 0.0634.